The largest absolute Gasteiger partial charge is 0.382 e. The number of carbonyl (C=O) groups excluding carboxylic acids is 1. The predicted molar refractivity (Wildman–Crippen MR) is 102 cm³/mol. The quantitative estimate of drug-likeness (QED) is 0.734. The summed E-state index contributed by atoms with van der Waals surface area (Å²) in [6, 6.07) is 11.7. The van der Waals surface area contributed by atoms with E-state index in [4.69, 9.17) is 5.73 Å². The number of nitrogens with two attached hydrogens (primary N) is 1. The highest BCUT2D eigenvalue weighted by atomic mass is 16.3. The Morgan fingerprint density at radius 2 is 2.04 bits per heavy atom. The van der Waals surface area contributed by atoms with E-state index in [9.17, 15) is 9.90 Å². The Morgan fingerprint density at radius 3 is 2.70 bits per heavy atom. The Kier molecular flexibility index (Phi) is 4.41. The van der Waals surface area contributed by atoms with Crippen LogP contribution in [0.3, 0.4) is 0 Å². The number of rotatable bonds is 3. The van der Waals surface area contributed by atoms with Crippen molar-refractivity contribution >= 4 is 16.7 Å². The van der Waals surface area contributed by atoms with Crippen LogP contribution in [-0.2, 0) is 19.2 Å². The number of carbonyl (C=O) groups is 1. The smallest absolute Gasteiger partial charge is 0.253 e. The SMILES string of the molecule is Cn1ncnc1C1(O)CCN(C(=O)c2ccc3cccc(CN)c3c2)CC1. The van der Waals surface area contributed by atoms with Crippen LogP contribution in [0.4, 0.5) is 0 Å². The number of hydrogen-bond donors (Lipinski definition) is 2. The van der Waals surface area contributed by atoms with Gasteiger partial charge >= 0.3 is 0 Å². The van der Waals surface area contributed by atoms with Crippen molar-refractivity contribution in [2.24, 2.45) is 12.8 Å². The van der Waals surface area contributed by atoms with Crippen LogP contribution in [0, 0.1) is 0 Å². The molecular weight excluding hydrogens is 342 g/mol. The highest BCUT2D eigenvalue weighted by molar-refractivity contribution is 5.99. The molecule has 0 atom stereocenters. The van der Waals surface area contributed by atoms with Crippen molar-refractivity contribution in [3.63, 3.8) is 0 Å². The van der Waals surface area contributed by atoms with Crippen molar-refractivity contribution in [2.45, 2.75) is 25.0 Å². The number of piperidine rings is 1. The lowest BCUT2D eigenvalue weighted by Crippen LogP contribution is -2.46. The maximum atomic E-state index is 13.0. The molecular formula is C20H23N5O2. The van der Waals surface area contributed by atoms with Crippen molar-refractivity contribution < 1.29 is 9.90 Å². The molecule has 3 N–H and O–H groups in total. The molecule has 0 spiro atoms. The minimum Gasteiger partial charge on any atom is -0.382 e. The Hall–Kier alpha value is -2.77. The van der Waals surface area contributed by atoms with E-state index in [1.165, 1.54) is 6.33 Å². The highest BCUT2D eigenvalue weighted by Gasteiger charge is 2.38. The third kappa shape index (κ3) is 3.09. The lowest BCUT2D eigenvalue weighted by molar-refractivity contribution is -0.0304. The minimum atomic E-state index is -1.04. The van der Waals surface area contributed by atoms with Crippen LogP contribution in [0.5, 0.6) is 0 Å². The fourth-order valence-corrected chi connectivity index (χ4v) is 3.85. The zero-order chi connectivity index (χ0) is 19.0. The third-order valence-electron chi connectivity index (χ3n) is 5.44. The van der Waals surface area contributed by atoms with E-state index in [1.54, 1.807) is 16.6 Å². The fraction of sp³-hybridized carbons (Fsp3) is 0.350. The fourth-order valence-electron chi connectivity index (χ4n) is 3.85. The third-order valence-corrected chi connectivity index (χ3v) is 5.44. The Bertz CT molecular complexity index is 989. The molecule has 1 saturated heterocycles. The second-order valence-electron chi connectivity index (χ2n) is 7.09. The van der Waals surface area contributed by atoms with Gasteiger partial charge < -0.3 is 15.7 Å². The zero-order valence-electron chi connectivity index (χ0n) is 15.3. The average Bonchev–Trinajstić information content (AvgIpc) is 3.14. The van der Waals surface area contributed by atoms with Crippen molar-refractivity contribution in [3.8, 4) is 0 Å². The molecule has 2 heterocycles. The molecule has 0 radical (unpaired) electrons. The van der Waals surface area contributed by atoms with Crippen LogP contribution < -0.4 is 5.73 Å². The Balaban J connectivity index is 1.54. The summed E-state index contributed by atoms with van der Waals surface area (Å²) in [6.45, 7) is 1.38. The molecule has 1 amide bonds. The summed E-state index contributed by atoms with van der Waals surface area (Å²) in [5.74, 6) is 0.525. The molecule has 3 aromatic rings. The van der Waals surface area contributed by atoms with E-state index < -0.39 is 5.60 Å². The number of hydrogen-bond acceptors (Lipinski definition) is 5. The van der Waals surface area contributed by atoms with Gasteiger partial charge in [0.05, 0.1) is 0 Å². The van der Waals surface area contributed by atoms with E-state index in [0.717, 1.165) is 16.3 Å². The summed E-state index contributed by atoms with van der Waals surface area (Å²) in [5, 5.41) is 17.0. The number of likely N-dealkylation sites (tertiary alicyclic amines) is 1. The van der Waals surface area contributed by atoms with Crippen LogP contribution >= 0.6 is 0 Å². The molecule has 0 saturated carbocycles. The van der Waals surface area contributed by atoms with Crippen LogP contribution in [0.25, 0.3) is 10.8 Å². The van der Waals surface area contributed by atoms with Gasteiger partial charge in [-0.15, -0.1) is 0 Å². The number of aryl methyl sites for hydroxylation is 1. The summed E-state index contributed by atoms with van der Waals surface area (Å²) < 4.78 is 1.59. The highest BCUT2D eigenvalue weighted by Crippen LogP contribution is 2.32. The summed E-state index contributed by atoms with van der Waals surface area (Å²) in [7, 11) is 1.77. The summed E-state index contributed by atoms with van der Waals surface area (Å²) >= 11 is 0. The number of fused-ring (bicyclic) bond motifs is 1. The first-order valence-corrected chi connectivity index (χ1v) is 9.10. The second-order valence-corrected chi connectivity index (χ2v) is 7.09. The van der Waals surface area contributed by atoms with E-state index in [2.05, 4.69) is 10.1 Å². The first kappa shape index (κ1) is 17.6. The molecule has 1 aliphatic heterocycles. The van der Waals surface area contributed by atoms with Gasteiger partial charge in [0.2, 0.25) is 0 Å². The molecule has 0 unspecified atom stereocenters. The maximum absolute atomic E-state index is 13.0. The van der Waals surface area contributed by atoms with Crippen molar-refractivity contribution in [2.75, 3.05) is 13.1 Å². The van der Waals surface area contributed by atoms with Crippen molar-refractivity contribution in [1.29, 1.82) is 0 Å². The standard InChI is InChI=1S/C20H23N5O2/c1-24-19(22-13-23-24)20(27)7-9-25(10-8-20)18(26)15-6-5-14-3-2-4-16(12-21)17(14)11-15/h2-6,11,13,27H,7-10,12,21H2,1H3. The van der Waals surface area contributed by atoms with Crippen molar-refractivity contribution in [3.05, 3.63) is 59.7 Å². The van der Waals surface area contributed by atoms with Gasteiger partial charge in [-0.1, -0.05) is 24.3 Å². The van der Waals surface area contributed by atoms with Gasteiger partial charge in [0, 0.05) is 45.1 Å². The van der Waals surface area contributed by atoms with Crippen LogP contribution in [-0.4, -0.2) is 43.8 Å². The van der Waals surface area contributed by atoms with Crippen LogP contribution in [0.1, 0.15) is 34.6 Å². The molecule has 0 aliphatic carbocycles. The van der Waals surface area contributed by atoms with Crippen LogP contribution in [0.15, 0.2) is 42.7 Å². The average molecular weight is 365 g/mol. The van der Waals surface area contributed by atoms with Gasteiger partial charge in [-0.25, -0.2) is 4.98 Å². The molecule has 7 nitrogen and oxygen atoms in total. The molecule has 1 fully saturated rings. The van der Waals surface area contributed by atoms with E-state index in [0.29, 0.717) is 43.9 Å². The van der Waals surface area contributed by atoms with Gasteiger partial charge in [0.25, 0.3) is 5.91 Å². The van der Waals surface area contributed by atoms with Gasteiger partial charge in [0.15, 0.2) is 5.82 Å². The lowest BCUT2D eigenvalue weighted by atomic mass is 9.90. The first-order valence-electron chi connectivity index (χ1n) is 9.10. The summed E-state index contributed by atoms with van der Waals surface area (Å²) in [6.07, 6.45) is 2.31. The first-order chi connectivity index (χ1) is 13.0. The number of benzene rings is 2. The Labute approximate surface area is 157 Å². The summed E-state index contributed by atoms with van der Waals surface area (Å²) in [4.78, 5) is 19.0. The van der Waals surface area contributed by atoms with E-state index in [1.807, 2.05) is 36.4 Å². The zero-order valence-corrected chi connectivity index (χ0v) is 15.3. The maximum Gasteiger partial charge on any atom is 0.253 e. The normalized spacial score (nSPS) is 16.6. The minimum absolute atomic E-state index is 0.0243. The summed E-state index contributed by atoms with van der Waals surface area (Å²) in [5.41, 5.74) is 6.46. The van der Waals surface area contributed by atoms with Gasteiger partial charge in [-0.05, 0) is 28.5 Å². The van der Waals surface area contributed by atoms with Gasteiger partial charge in [-0.2, -0.15) is 5.10 Å². The molecule has 1 aromatic heterocycles. The monoisotopic (exact) mass is 365 g/mol. The molecule has 4 rings (SSSR count). The molecule has 140 valence electrons. The number of amides is 1. The molecule has 7 heteroatoms. The van der Waals surface area contributed by atoms with E-state index >= 15 is 0 Å². The van der Waals surface area contributed by atoms with Crippen LogP contribution in [0.2, 0.25) is 0 Å². The predicted octanol–water partition coefficient (Wildman–Crippen LogP) is 1.55. The van der Waals surface area contributed by atoms with Gasteiger partial charge in [-0.3, -0.25) is 9.48 Å². The Morgan fingerprint density at radius 1 is 1.26 bits per heavy atom. The van der Waals surface area contributed by atoms with Crippen molar-refractivity contribution in [1.82, 2.24) is 19.7 Å². The van der Waals surface area contributed by atoms with Gasteiger partial charge in [0.1, 0.15) is 11.9 Å². The molecule has 0 bridgehead atoms. The number of nitrogens with zero attached hydrogens (tertiary/aromatic N) is 4. The van der Waals surface area contributed by atoms with E-state index in [-0.39, 0.29) is 5.91 Å². The topological polar surface area (TPSA) is 97.3 Å². The molecule has 27 heavy (non-hydrogen) atoms. The second kappa shape index (κ2) is 6.75. The number of aromatic nitrogens is 3. The molecule has 2 aromatic carbocycles. The molecule has 1 aliphatic rings. The number of aliphatic hydroxyl groups is 1. The lowest BCUT2D eigenvalue weighted by Gasteiger charge is -2.37.